The van der Waals surface area contributed by atoms with Crippen LogP contribution in [0, 0.1) is 6.92 Å². The normalized spacial score (nSPS) is 11.8. The molecule has 0 unspecified atom stereocenters. The summed E-state index contributed by atoms with van der Waals surface area (Å²) in [6, 6.07) is 5.34. The number of hydrogen-bond acceptors (Lipinski definition) is 3. The molecule has 5 nitrogen and oxygen atoms in total. The lowest BCUT2D eigenvalue weighted by molar-refractivity contribution is 0.532. The fourth-order valence-electron chi connectivity index (χ4n) is 1.75. The Bertz CT molecular complexity index is 723. The molecule has 108 valence electrons. The van der Waals surface area contributed by atoms with Crippen LogP contribution in [-0.2, 0) is 10.0 Å². The molecule has 2 rings (SSSR count). The third-order valence-electron chi connectivity index (χ3n) is 2.82. The summed E-state index contributed by atoms with van der Waals surface area (Å²) >= 11 is 3.29. The molecule has 0 amide bonds. The van der Waals surface area contributed by atoms with Gasteiger partial charge >= 0.3 is 0 Å². The highest BCUT2D eigenvalue weighted by atomic mass is 79.9. The molecule has 0 aliphatic carbocycles. The monoisotopic (exact) mass is 357 g/mol. The lowest BCUT2D eigenvalue weighted by Gasteiger charge is -2.09. The van der Waals surface area contributed by atoms with Gasteiger partial charge < -0.3 is 0 Å². The zero-order chi connectivity index (χ0) is 14.9. The highest BCUT2D eigenvalue weighted by molar-refractivity contribution is 9.10. The highest BCUT2D eigenvalue weighted by Crippen LogP contribution is 2.23. The molecule has 2 aromatic rings. The summed E-state index contributed by atoms with van der Waals surface area (Å²) in [5.41, 5.74) is 1.15. The van der Waals surface area contributed by atoms with E-state index in [1.54, 1.807) is 29.9 Å². The van der Waals surface area contributed by atoms with E-state index in [9.17, 15) is 8.42 Å². The van der Waals surface area contributed by atoms with Gasteiger partial charge in [0.25, 0.3) is 10.0 Å². The SMILES string of the molecule is Cc1ccc(Br)cc1S(=O)(=O)Nc1cnn(C(C)C)c1. The van der Waals surface area contributed by atoms with E-state index in [0.29, 0.717) is 11.3 Å². The van der Waals surface area contributed by atoms with Crippen molar-refractivity contribution in [3.63, 3.8) is 0 Å². The van der Waals surface area contributed by atoms with Crippen molar-refractivity contribution in [2.75, 3.05) is 4.72 Å². The molecule has 0 saturated heterocycles. The standard InChI is InChI=1S/C13H16BrN3O2S/c1-9(2)17-8-12(7-15-17)16-20(18,19)13-6-11(14)5-4-10(13)3/h4-9,16H,1-3H3. The second-order valence-corrected chi connectivity index (χ2v) is 7.38. The number of nitrogens with zero attached hydrogens (tertiary/aromatic N) is 2. The van der Waals surface area contributed by atoms with Crippen molar-refractivity contribution in [2.45, 2.75) is 31.7 Å². The topological polar surface area (TPSA) is 64.0 Å². The van der Waals surface area contributed by atoms with Crippen LogP contribution in [0.1, 0.15) is 25.5 Å². The summed E-state index contributed by atoms with van der Waals surface area (Å²) in [5, 5.41) is 4.11. The van der Waals surface area contributed by atoms with Gasteiger partial charge in [0.05, 0.1) is 16.8 Å². The zero-order valence-electron chi connectivity index (χ0n) is 11.5. The molecule has 7 heteroatoms. The van der Waals surface area contributed by atoms with Gasteiger partial charge in [-0.2, -0.15) is 5.10 Å². The molecule has 0 aliphatic heterocycles. The minimum Gasteiger partial charge on any atom is -0.276 e. The van der Waals surface area contributed by atoms with Crippen molar-refractivity contribution >= 4 is 31.6 Å². The highest BCUT2D eigenvalue weighted by Gasteiger charge is 2.18. The van der Waals surface area contributed by atoms with Crippen molar-refractivity contribution in [1.29, 1.82) is 0 Å². The minimum absolute atomic E-state index is 0.181. The molecule has 0 radical (unpaired) electrons. The second kappa shape index (κ2) is 5.57. The largest absolute Gasteiger partial charge is 0.276 e. The van der Waals surface area contributed by atoms with Gasteiger partial charge in [-0.3, -0.25) is 9.40 Å². The van der Waals surface area contributed by atoms with Crippen LogP contribution in [0.4, 0.5) is 5.69 Å². The Kier molecular flexibility index (Phi) is 4.19. The van der Waals surface area contributed by atoms with Gasteiger partial charge in [0, 0.05) is 16.7 Å². The van der Waals surface area contributed by atoms with Crippen LogP contribution in [0.25, 0.3) is 0 Å². The number of anilines is 1. The quantitative estimate of drug-likeness (QED) is 0.912. The third-order valence-corrected chi connectivity index (χ3v) is 4.84. The van der Waals surface area contributed by atoms with Crippen LogP contribution in [0.15, 0.2) is 40.0 Å². The van der Waals surface area contributed by atoms with E-state index in [1.165, 1.54) is 6.20 Å². The van der Waals surface area contributed by atoms with Gasteiger partial charge in [-0.05, 0) is 38.5 Å². The number of aryl methyl sites for hydroxylation is 1. The van der Waals surface area contributed by atoms with Gasteiger partial charge in [-0.15, -0.1) is 0 Å². The minimum atomic E-state index is -3.61. The Morgan fingerprint density at radius 3 is 2.65 bits per heavy atom. The molecular formula is C13H16BrN3O2S. The zero-order valence-corrected chi connectivity index (χ0v) is 13.9. The summed E-state index contributed by atoms with van der Waals surface area (Å²) in [7, 11) is -3.61. The first kappa shape index (κ1) is 15.1. The molecular weight excluding hydrogens is 342 g/mol. The van der Waals surface area contributed by atoms with Crippen molar-refractivity contribution in [3.8, 4) is 0 Å². The number of hydrogen-bond donors (Lipinski definition) is 1. The van der Waals surface area contributed by atoms with Crippen molar-refractivity contribution in [1.82, 2.24) is 9.78 Å². The first-order valence-corrected chi connectivity index (χ1v) is 8.40. The first-order chi connectivity index (χ1) is 9.29. The summed E-state index contributed by atoms with van der Waals surface area (Å²) in [6.07, 6.45) is 3.18. The number of aromatic nitrogens is 2. The van der Waals surface area contributed by atoms with Crippen LogP contribution in [0.2, 0.25) is 0 Å². The maximum absolute atomic E-state index is 12.4. The van der Waals surface area contributed by atoms with Gasteiger partial charge in [-0.25, -0.2) is 8.42 Å². The second-order valence-electron chi connectivity index (χ2n) is 4.82. The molecule has 0 saturated carbocycles. The van der Waals surface area contributed by atoms with Crippen molar-refractivity contribution in [3.05, 3.63) is 40.6 Å². The van der Waals surface area contributed by atoms with E-state index >= 15 is 0 Å². The van der Waals surface area contributed by atoms with E-state index in [1.807, 2.05) is 19.9 Å². The Labute approximate surface area is 127 Å². The fraction of sp³-hybridized carbons (Fsp3) is 0.308. The molecule has 0 fully saturated rings. The summed E-state index contributed by atoms with van der Waals surface area (Å²) in [4.78, 5) is 0.254. The predicted molar refractivity (Wildman–Crippen MR) is 82.3 cm³/mol. The van der Waals surface area contributed by atoms with E-state index in [2.05, 4.69) is 25.8 Å². The molecule has 0 bridgehead atoms. The van der Waals surface area contributed by atoms with Crippen molar-refractivity contribution < 1.29 is 8.42 Å². The van der Waals surface area contributed by atoms with E-state index in [0.717, 1.165) is 4.47 Å². The Balaban J connectivity index is 2.33. The third kappa shape index (κ3) is 3.21. The van der Waals surface area contributed by atoms with Gasteiger partial charge in [0.15, 0.2) is 0 Å². The smallest absolute Gasteiger partial charge is 0.262 e. The van der Waals surface area contributed by atoms with Crippen LogP contribution in [0.3, 0.4) is 0 Å². The molecule has 1 heterocycles. The fourth-order valence-corrected chi connectivity index (χ4v) is 3.56. The molecule has 1 N–H and O–H groups in total. The Morgan fingerprint density at radius 2 is 2.05 bits per heavy atom. The average Bonchev–Trinajstić information content (AvgIpc) is 2.80. The summed E-state index contributed by atoms with van der Waals surface area (Å²) < 4.78 is 29.7. The molecule has 0 aliphatic rings. The molecule has 1 aromatic carbocycles. The average molecular weight is 358 g/mol. The molecule has 20 heavy (non-hydrogen) atoms. The number of nitrogens with one attached hydrogen (secondary N) is 1. The number of sulfonamides is 1. The van der Waals surface area contributed by atoms with Crippen LogP contribution in [-0.4, -0.2) is 18.2 Å². The maximum Gasteiger partial charge on any atom is 0.262 e. The summed E-state index contributed by atoms with van der Waals surface area (Å²) in [5.74, 6) is 0. The Hall–Kier alpha value is -1.34. The van der Waals surface area contributed by atoms with Gasteiger partial charge in [-0.1, -0.05) is 22.0 Å². The predicted octanol–water partition coefficient (Wildman–Crippen LogP) is 3.34. The van der Waals surface area contributed by atoms with Crippen LogP contribution >= 0.6 is 15.9 Å². The summed E-state index contributed by atoms with van der Waals surface area (Å²) in [6.45, 7) is 5.71. The lowest BCUT2D eigenvalue weighted by Crippen LogP contribution is -2.14. The maximum atomic E-state index is 12.4. The number of halogens is 1. The van der Waals surface area contributed by atoms with Crippen LogP contribution in [0.5, 0.6) is 0 Å². The van der Waals surface area contributed by atoms with Crippen LogP contribution < -0.4 is 4.72 Å². The first-order valence-electron chi connectivity index (χ1n) is 6.13. The molecule has 0 atom stereocenters. The molecule has 1 aromatic heterocycles. The Morgan fingerprint density at radius 1 is 1.35 bits per heavy atom. The van der Waals surface area contributed by atoms with E-state index < -0.39 is 10.0 Å². The lowest BCUT2D eigenvalue weighted by atomic mass is 10.2. The number of rotatable bonds is 4. The van der Waals surface area contributed by atoms with E-state index in [-0.39, 0.29) is 10.9 Å². The van der Waals surface area contributed by atoms with Gasteiger partial charge in [0.2, 0.25) is 0 Å². The van der Waals surface area contributed by atoms with Gasteiger partial charge in [0.1, 0.15) is 0 Å². The number of benzene rings is 1. The van der Waals surface area contributed by atoms with E-state index in [4.69, 9.17) is 0 Å². The molecule has 0 spiro atoms. The van der Waals surface area contributed by atoms with Crippen molar-refractivity contribution in [2.24, 2.45) is 0 Å².